The molecule has 0 saturated carbocycles. The summed E-state index contributed by atoms with van der Waals surface area (Å²) < 4.78 is 3.95. The van der Waals surface area contributed by atoms with Crippen molar-refractivity contribution in [1.82, 2.24) is 4.37 Å². The van der Waals surface area contributed by atoms with Gasteiger partial charge in [-0.1, -0.05) is 18.2 Å². The highest BCUT2D eigenvalue weighted by Crippen LogP contribution is 2.24. The zero-order chi connectivity index (χ0) is 9.97. The summed E-state index contributed by atoms with van der Waals surface area (Å²) >= 11 is 1.31. The normalized spacial score (nSPS) is 10.0. The first-order valence-electron chi connectivity index (χ1n) is 4.01. The number of rotatable bonds is 2. The maximum atomic E-state index is 10.9. The minimum absolute atomic E-state index is 0.313. The second-order valence-corrected chi connectivity index (χ2v) is 3.42. The molecule has 0 bridgehead atoms. The average Bonchev–Trinajstić information content (AvgIpc) is 2.70. The van der Waals surface area contributed by atoms with E-state index >= 15 is 0 Å². The number of carboxylic acids is 1. The Kier molecular flexibility index (Phi) is 2.28. The van der Waals surface area contributed by atoms with Crippen molar-refractivity contribution in [2.24, 2.45) is 0 Å². The molecule has 4 heteroatoms. The predicted molar refractivity (Wildman–Crippen MR) is 54.5 cm³/mol. The van der Waals surface area contributed by atoms with Crippen molar-refractivity contribution in [2.45, 2.75) is 0 Å². The molecular formula is C10H7NO2S. The SMILES string of the molecule is O=C(O)c1ccccc1-c1cnsc1. The number of aromatic nitrogens is 1. The molecule has 1 aromatic heterocycles. The molecule has 0 atom stereocenters. The molecular weight excluding hydrogens is 198 g/mol. The van der Waals surface area contributed by atoms with E-state index in [-0.39, 0.29) is 0 Å². The topological polar surface area (TPSA) is 50.2 Å². The fourth-order valence-electron chi connectivity index (χ4n) is 1.26. The molecule has 0 aliphatic rings. The molecule has 3 nitrogen and oxygen atoms in total. The Balaban J connectivity index is 2.58. The van der Waals surface area contributed by atoms with Gasteiger partial charge in [0.2, 0.25) is 0 Å². The van der Waals surface area contributed by atoms with Gasteiger partial charge in [0.15, 0.2) is 0 Å². The van der Waals surface area contributed by atoms with Crippen LogP contribution in [0.4, 0.5) is 0 Å². The first-order chi connectivity index (χ1) is 6.79. The van der Waals surface area contributed by atoms with Crippen LogP contribution in [0.5, 0.6) is 0 Å². The Bertz CT molecular complexity index is 451. The fraction of sp³-hybridized carbons (Fsp3) is 0. The summed E-state index contributed by atoms with van der Waals surface area (Å²) in [6.45, 7) is 0. The van der Waals surface area contributed by atoms with E-state index in [0.717, 1.165) is 5.56 Å². The van der Waals surface area contributed by atoms with Gasteiger partial charge in [-0.25, -0.2) is 9.17 Å². The van der Waals surface area contributed by atoms with Gasteiger partial charge < -0.3 is 5.11 Å². The highest BCUT2D eigenvalue weighted by Gasteiger charge is 2.10. The molecule has 0 spiro atoms. The van der Waals surface area contributed by atoms with E-state index in [0.29, 0.717) is 11.1 Å². The van der Waals surface area contributed by atoms with Crippen LogP contribution >= 0.6 is 11.5 Å². The number of carboxylic acid groups (broad SMARTS) is 1. The molecule has 0 radical (unpaired) electrons. The number of nitrogens with zero attached hydrogens (tertiary/aromatic N) is 1. The highest BCUT2D eigenvalue weighted by molar-refractivity contribution is 7.03. The lowest BCUT2D eigenvalue weighted by Gasteiger charge is -2.01. The second-order valence-electron chi connectivity index (χ2n) is 2.76. The smallest absolute Gasteiger partial charge is 0.336 e. The molecule has 14 heavy (non-hydrogen) atoms. The van der Waals surface area contributed by atoms with Crippen molar-refractivity contribution < 1.29 is 9.90 Å². The molecule has 70 valence electrons. The quantitative estimate of drug-likeness (QED) is 0.819. The van der Waals surface area contributed by atoms with Gasteiger partial charge in [0.05, 0.1) is 5.56 Å². The Morgan fingerprint density at radius 1 is 1.36 bits per heavy atom. The van der Waals surface area contributed by atoms with Crippen LogP contribution in [-0.2, 0) is 0 Å². The third-order valence-corrected chi connectivity index (χ3v) is 2.49. The van der Waals surface area contributed by atoms with Gasteiger partial charge in [-0.3, -0.25) is 0 Å². The lowest BCUT2D eigenvalue weighted by molar-refractivity contribution is 0.0698. The number of hydrogen-bond acceptors (Lipinski definition) is 3. The Labute approximate surface area is 84.8 Å². The molecule has 0 amide bonds. The summed E-state index contributed by atoms with van der Waals surface area (Å²) in [5.41, 5.74) is 1.88. The Morgan fingerprint density at radius 3 is 2.79 bits per heavy atom. The van der Waals surface area contributed by atoms with E-state index in [2.05, 4.69) is 4.37 Å². The van der Waals surface area contributed by atoms with Crippen LogP contribution in [0.15, 0.2) is 35.8 Å². The van der Waals surface area contributed by atoms with Crippen LogP contribution in [-0.4, -0.2) is 15.4 Å². The third-order valence-electron chi connectivity index (χ3n) is 1.90. The predicted octanol–water partition coefficient (Wildman–Crippen LogP) is 2.51. The first kappa shape index (κ1) is 8.90. The van der Waals surface area contributed by atoms with Gasteiger partial charge in [-0.05, 0) is 23.2 Å². The van der Waals surface area contributed by atoms with Crippen molar-refractivity contribution >= 4 is 17.5 Å². The molecule has 1 heterocycles. The Morgan fingerprint density at radius 2 is 2.14 bits per heavy atom. The monoisotopic (exact) mass is 205 g/mol. The van der Waals surface area contributed by atoms with Crippen LogP contribution in [0.25, 0.3) is 11.1 Å². The summed E-state index contributed by atoms with van der Waals surface area (Å²) in [4.78, 5) is 10.9. The van der Waals surface area contributed by atoms with Crippen molar-refractivity contribution in [3.63, 3.8) is 0 Å². The summed E-state index contributed by atoms with van der Waals surface area (Å²) in [6.07, 6.45) is 1.67. The summed E-state index contributed by atoms with van der Waals surface area (Å²) in [5.74, 6) is -0.910. The number of aromatic carboxylic acids is 1. The van der Waals surface area contributed by atoms with Crippen molar-refractivity contribution in [2.75, 3.05) is 0 Å². The van der Waals surface area contributed by atoms with E-state index in [1.165, 1.54) is 11.5 Å². The van der Waals surface area contributed by atoms with Gasteiger partial charge in [-0.15, -0.1) is 0 Å². The maximum absolute atomic E-state index is 10.9. The van der Waals surface area contributed by atoms with E-state index in [1.54, 1.807) is 24.4 Å². The molecule has 2 aromatic rings. The average molecular weight is 205 g/mol. The van der Waals surface area contributed by atoms with Crippen LogP contribution in [0.2, 0.25) is 0 Å². The Hall–Kier alpha value is -1.68. The van der Waals surface area contributed by atoms with Gasteiger partial charge >= 0.3 is 5.97 Å². The maximum Gasteiger partial charge on any atom is 0.336 e. The van der Waals surface area contributed by atoms with Crippen molar-refractivity contribution in [1.29, 1.82) is 0 Å². The molecule has 0 aliphatic carbocycles. The zero-order valence-electron chi connectivity index (χ0n) is 7.18. The minimum atomic E-state index is -0.910. The van der Waals surface area contributed by atoms with Crippen LogP contribution in [0.3, 0.4) is 0 Å². The zero-order valence-corrected chi connectivity index (χ0v) is 7.99. The van der Waals surface area contributed by atoms with Gasteiger partial charge in [0.25, 0.3) is 0 Å². The lowest BCUT2D eigenvalue weighted by Crippen LogP contribution is -1.98. The lowest BCUT2D eigenvalue weighted by atomic mass is 10.0. The molecule has 1 aromatic carbocycles. The van der Waals surface area contributed by atoms with Gasteiger partial charge in [-0.2, -0.15) is 0 Å². The summed E-state index contributed by atoms with van der Waals surface area (Å²) in [5, 5.41) is 10.8. The highest BCUT2D eigenvalue weighted by atomic mass is 32.1. The van der Waals surface area contributed by atoms with Gasteiger partial charge in [0, 0.05) is 17.1 Å². The van der Waals surface area contributed by atoms with Crippen LogP contribution in [0, 0.1) is 0 Å². The largest absolute Gasteiger partial charge is 0.478 e. The molecule has 0 aliphatic heterocycles. The number of hydrogen-bond donors (Lipinski definition) is 1. The van der Waals surface area contributed by atoms with Gasteiger partial charge in [0.1, 0.15) is 0 Å². The standard InChI is InChI=1S/C10H7NO2S/c12-10(13)9-4-2-1-3-8(9)7-5-11-14-6-7/h1-6H,(H,12,13). The van der Waals surface area contributed by atoms with E-state index < -0.39 is 5.97 Å². The minimum Gasteiger partial charge on any atom is -0.478 e. The van der Waals surface area contributed by atoms with Crippen molar-refractivity contribution in [3.8, 4) is 11.1 Å². The molecule has 0 unspecified atom stereocenters. The molecule has 1 N–H and O–H groups in total. The van der Waals surface area contributed by atoms with E-state index in [9.17, 15) is 4.79 Å². The number of benzene rings is 1. The summed E-state index contributed by atoms with van der Waals surface area (Å²) in [7, 11) is 0. The van der Waals surface area contributed by atoms with E-state index in [1.807, 2.05) is 11.4 Å². The van der Waals surface area contributed by atoms with Crippen LogP contribution < -0.4 is 0 Å². The molecule has 0 saturated heterocycles. The van der Waals surface area contributed by atoms with E-state index in [4.69, 9.17) is 5.11 Å². The van der Waals surface area contributed by atoms with Crippen LogP contribution in [0.1, 0.15) is 10.4 Å². The van der Waals surface area contributed by atoms with Crippen molar-refractivity contribution in [3.05, 3.63) is 41.4 Å². The second kappa shape index (κ2) is 3.59. The summed E-state index contributed by atoms with van der Waals surface area (Å²) in [6, 6.07) is 6.91. The number of carbonyl (C=O) groups is 1. The fourth-order valence-corrected chi connectivity index (χ4v) is 1.80. The molecule has 0 fully saturated rings. The first-order valence-corrected chi connectivity index (χ1v) is 4.85. The molecule has 2 rings (SSSR count). The third kappa shape index (κ3) is 1.52.